The van der Waals surface area contributed by atoms with Crippen LogP contribution in [0.2, 0.25) is 0 Å². The number of ether oxygens (including phenoxy) is 1. The Morgan fingerprint density at radius 3 is 2.75 bits per heavy atom. The van der Waals surface area contributed by atoms with Gasteiger partial charge in [0.1, 0.15) is 5.75 Å². The Morgan fingerprint density at radius 2 is 2.12 bits per heavy atom. The fraction of sp³-hybridized carbons (Fsp3) is 0.538. The van der Waals surface area contributed by atoms with E-state index in [9.17, 15) is 0 Å². The SMILES string of the molecule is CCN1CCNCC1c1ccc(OC)cc1. The minimum absolute atomic E-state index is 0.504. The predicted octanol–water partition coefficient (Wildman–Crippen LogP) is 1.66. The van der Waals surface area contributed by atoms with Gasteiger partial charge in [0.05, 0.1) is 7.11 Å². The third kappa shape index (κ3) is 2.36. The fourth-order valence-electron chi connectivity index (χ4n) is 2.28. The highest BCUT2D eigenvalue weighted by molar-refractivity contribution is 5.29. The minimum Gasteiger partial charge on any atom is -0.497 e. The summed E-state index contributed by atoms with van der Waals surface area (Å²) in [5.74, 6) is 0.926. The second kappa shape index (κ2) is 5.32. The van der Waals surface area contributed by atoms with E-state index < -0.39 is 0 Å². The third-order valence-electron chi connectivity index (χ3n) is 3.26. The molecule has 1 aliphatic rings. The third-order valence-corrected chi connectivity index (χ3v) is 3.26. The van der Waals surface area contributed by atoms with Crippen molar-refractivity contribution in [2.75, 3.05) is 33.3 Å². The van der Waals surface area contributed by atoms with Gasteiger partial charge in [0, 0.05) is 25.7 Å². The lowest BCUT2D eigenvalue weighted by Crippen LogP contribution is -2.45. The number of piperazine rings is 1. The molecular weight excluding hydrogens is 200 g/mol. The lowest BCUT2D eigenvalue weighted by molar-refractivity contribution is 0.171. The first-order valence-electron chi connectivity index (χ1n) is 5.94. The Labute approximate surface area is 97.4 Å². The maximum Gasteiger partial charge on any atom is 0.118 e. The summed E-state index contributed by atoms with van der Waals surface area (Å²) < 4.78 is 5.18. The molecule has 1 N–H and O–H groups in total. The number of likely N-dealkylation sites (N-methyl/N-ethyl adjacent to an activating group) is 1. The van der Waals surface area contributed by atoms with Gasteiger partial charge in [0.25, 0.3) is 0 Å². The molecule has 1 fully saturated rings. The van der Waals surface area contributed by atoms with E-state index in [2.05, 4.69) is 29.3 Å². The van der Waals surface area contributed by atoms with E-state index in [1.165, 1.54) is 5.56 Å². The molecule has 0 aliphatic carbocycles. The van der Waals surface area contributed by atoms with Gasteiger partial charge in [-0.15, -0.1) is 0 Å². The summed E-state index contributed by atoms with van der Waals surface area (Å²) in [6, 6.07) is 8.91. The molecular formula is C13H20N2O. The van der Waals surface area contributed by atoms with Crippen LogP contribution in [0.15, 0.2) is 24.3 Å². The number of benzene rings is 1. The van der Waals surface area contributed by atoms with Crippen LogP contribution in [0.1, 0.15) is 18.5 Å². The Bertz CT molecular complexity index is 323. The molecule has 1 aromatic rings. The molecule has 1 unspecified atom stereocenters. The molecule has 0 amide bonds. The summed E-state index contributed by atoms with van der Waals surface area (Å²) in [4.78, 5) is 2.51. The van der Waals surface area contributed by atoms with Crippen LogP contribution < -0.4 is 10.1 Å². The zero-order chi connectivity index (χ0) is 11.4. The molecule has 1 aliphatic heterocycles. The Hall–Kier alpha value is -1.06. The number of rotatable bonds is 3. The number of hydrogen-bond acceptors (Lipinski definition) is 3. The van der Waals surface area contributed by atoms with E-state index in [0.29, 0.717) is 6.04 Å². The van der Waals surface area contributed by atoms with Crippen molar-refractivity contribution in [3.05, 3.63) is 29.8 Å². The molecule has 2 rings (SSSR count). The van der Waals surface area contributed by atoms with Crippen LogP contribution in [-0.4, -0.2) is 38.2 Å². The van der Waals surface area contributed by atoms with Crippen molar-refractivity contribution < 1.29 is 4.74 Å². The van der Waals surface area contributed by atoms with Crippen LogP contribution in [0.4, 0.5) is 0 Å². The van der Waals surface area contributed by atoms with Crippen molar-refractivity contribution in [2.24, 2.45) is 0 Å². The highest BCUT2D eigenvalue weighted by Crippen LogP contribution is 2.23. The summed E-state index contributed by atoms with van der Waals surface area (Å²) in [7, 11) is 1.70. The van der Waals surface area contributed by atoms with Gasteiger partial charge in [-0.2, -0.15) is 0 Å². The van der Waals surface area contributed by atoms with Crippen molar-refractivity contribution in [1.82, 2.24) is 10.2 Å². The lowest BCUT2D eigenvalue weighted by atomic mass is 10.0. The molecule has 1 atom stereocenters. The number of nitrogens with one attached hydrogen (secondary N) is 1. The zero-order valence-electron chi connectivity index (χ0n) is 10.1. The predicted molar refractivity (Wildman–Crippen MR) is 65.9 cm³/mol. The molecule has 16 heavy (non-hydrogen) atoms. The Balaban J connectivity index is 2.14. The monoisotopic (exact) mass is 220 g/mol. The number of methoxy groups -OCH3 is 1. The van der Waals surface area contributed by atoms with Crippen LogP contribution in [-0.2, 0) is 0 Å². The number of nitrogens with zero attached hydrogens (tertiary/aromatic N) is 1. The Morgan fingerprint density at radius 1 is 1.38 bits per heavy atom. The summed E-state index contributed by atoms with van der Waals surface area (Å²) >= 11 is 0. The first-order chi connectivity index (χ1) is 7.85. The van der Waals surface area contributed by atoms with Crippen LogP contribution in [0.25, 0.3) is 0 Å². The van der Waals surface area contributed by atoms with Crippen LogP contribution in [0.5, 0.6) is 5.75 Å². The molecule has 0 bridgehead atoms. The first-order valence-corrected chi connectivity index (χ1v) is 5.94. The Kier molecular flexibility index (Phi) is 3.80. The summed E-state index contributed by atoms with van der Waals surface area (Å²) in [6.07, 6.45) is 0. The van der Waals surface area contributed by atoms with Crippen molar-refractivity contribution in [3.63, 3.8) is 0 Å². The number of hydrogen-bond donors (Lipinski definition) is 1. The maximum absolute atomic E-state index is 5.18. The van der Waals surface area contributed by atoms with E-state index >= 15 is 0 Å². The van der Waals surface area contributed by atoms with Gasteiger partial charge in [0.15, 0.2) is 0 Å². The van der Waals surface area contributed by atoms with Gasteiger partial charge < -0.3 is 10.1 Å². The largest absolute Gasteiger partial charge is 0.497 e. The fourth-order valence-corrected chi connectivity index (χ4v) is 2.28. The second-order valence-electron chi connectivity index (χ2n) is 4.12. The van der Waals surface area contributed by atoms with E-state index in [1.807, 2.05) is 12.1 Å². The summed E-state index contributed by atoms with van der Waals surface area (Å²) in [5, 5.41) is 3.45. The quantitative estimate of drug-likeness (QED) is 0.838. The molecule has 1 saturated heterocycles. The normalized spacial score (nSPS) is 22.0. The van der Waals surface area contributed by atoms with Crippen LogP contribution in [0, 0.1) is 0 Å². The highest BCUT2D eigenvalue weighted by Gasteiger charge is 2.21. The standard InChI is InChI=1S/C13H20N2O/c1-3-15-9-8-14-10-13(15)11-4-6-12(16-2)7-5-11/h4-7,13-14H,3,8-10H2,1-2H3. The van der Waals surface area contributed by atoms with Gasteiger partial charge in [-0.25, -0.2) is 0 Å². The topological polar surface area (TPSA) is 24.5 Å². The van der Waals surface area contributed by atoms with E-state index in [4.69, 9.17) is 4.74 Å². The first kappa shape index (κ1) is 11.4. The average Bonchev–Trinajstić information content (AvgIpc) is 2.39. The van der Waals surface area contributed by atoms with E-state index in [1.54, 1.807) is 7.11 Å². The molecule has 0 radical (unpaired) electrons. The van der Waals surface area contributed by atoms with E-state index in [-0.39, 0.29) is 0 Å². The van der Waals surface area contributed by atoms with Gasteiger partial charge >= 0.3 is 0 Å². The molecule has 1 aromatic carbocycles. The van der Waals surface area contributed by atoms with Crippen molar-refractivity contribution in [1.29, 1.82) is 0 Å². The van der Waals surface area contributed by atoms with Crippen LogP contribution in [0.3, 0.4) is 0 Å². The molecule has 1 heterocycles. The lowest BCUT2D eigenvalue weighted by Gasteiger charge is -2.35. The van der Waals surface area contributed by atoms with E-state index in [0.717, 1.165) is 31.9 Å². The average molecular weight is 220 g/mol. The highest BCUT2D eigenvalue weighted by atomic mass is 16.5. The zero-order valence-corrected chi connectivity index (χ0v) is 10.1. The van der Waals surface area contributed by atoms with Gasteiger partial charge in [-0.05, 0) is 24.2 Å². The summed E-state index contributed by atoms with van der Waals surface area (Å²) in [5.41, 5.74) is 1.37. The van der Waals surface area contributed by atoms with Gasteiger partial charge in [0.2, 0.25) is 0 Å². The molecule has 3 heteroatoms. The molecule has 0 saturated carbocycles. The summed E-state index contributed by atoms with van der Waals surface area (Å²) in [6.45, 7) is 6.61. The second-order valence-corrected chi connectivity index (χ2v) is 4.12. The molecule has 0 spiro atoms. The minimum atomic E-state index is 0.504. The maximum atomic E-state index is 5.18. The molecule has 88 valence electrons. The van der Waals surface area contributed by atoms with Crippen molar-refractivity contribution in [2.45, 2.75) is 13.0 Å². The van der Waals surface area contributed by atoms with Gasteiger partial charge in [-0.3, -0.25) is 4.90 Å². The smallest absolute Gasteiger partial charge is 0.118 e. The molecule has 0 aromatic heterocycles. The van der Waals surface area contributed by atoms with Gasteiger partial charge in [-0.1, -0.05) is 19.1 Å². The van der Waals surface area contributed by atoms with Crippen molar-refractivity contribution in [3.8, 4) is 5.75 Å². The molecule has 3 nitrogen and oxygen atoms in total. The van der Waals surface area contributed by atoms with Crippen LogP contribution >= 0.6 is 0 Å². The van der Waals surface area contributed by atoms with Crippen molar-refractivity contribution >= 4 is 0 Å².